The van der Waals surface area contributed by atoms with Crippen LogP contribution >= 0.6 is 0 Å². The van der Waals surface area contributed by atoms with Gasteiger partial charge in [-0.3, -0.25) is 9.59 Å². The van der Waals surface area contributed by atoms with E-state index >= 15 is 0 Å². The fourth-order valence-electron chi connectivity index (χ4n) is 3.33. The largest absolute Gasteiger partial charge is 0.491 e. The van der Waals surface area contributed by atoms with Crippen LogP contribution in [0.25, 0.3) is 0 Å². The van der Waals surface area contributed by atoms with Gasteiger partial charge >= 0.3 is 0 Å². The summed E-state index contributed by atoms with van der Waals surface area (Å²) in [5.74, 6) is -0.00619. The first-order valence-corrected chi connectivity index (χ1v) is 8.61. The molecule has 1 aromatic carbocycles. The van der Waals surface area contributed by atoms with Gasteiger partial charge in [0.25, 0.3) is 0 Å². The standard InChI is InChI=1S/C18H23FN2O4/c19-14-4-6-15(7-5-14)25-13-18(24)8-2-10-21(12-18)17(23)11-20-9-1-3-16(20)22/h4-7,24H,1-3,8-13H2/t18-/m0/s1. The molecule has 136 valence electrons. The van der Waals surface area contributed by atoms with Gasteiger partial charge in [-0.1, -0.05) is 0 Å². The monoisotopic (exact) mass is 350 g/mol. The maximum atomic E-state index is 12.9. The smallest absolute Gasteiger partial charge is 0.242 e. The van der Waals surface area contributed by atoms with E-state index in [1.54, 1.807) is 9.80 Å². The lowest BCUT2D eigenvalue weighted by Gasteiger charge is -2.39. The number of hydrogen-bond acceptors (Lipinski definition) is 4. The molecule has 0 aliphatic carbocycles. The van der Waals surface area contributed by atoms with Crippen molar-refractivity contribution in [2.24, 2.45) is 0 Å². The van der Waals surface area contributed by atoms with E-state index in [0.717, 1.165) is 6.42 Å². The Morgan fingerprint density at radius 3 is 2.68 bits per heavy atom. The zero-order chi connectivity index (χ0) is 17.9. The molecular weight excluding hydrogens is 327 g/mol. The number of ether oxygens (including phenoxy) is 1. The summed E-state index contributed by atoms with van der Waals surface area (Å²) in [5.41, 5.74) is -1.14. The van der Waals surface area contributed by atoms with Gasteiger partial charge in [0.15, 0.2) is 0 Å². The van der Waals surface area contributed by atoms with E-state index in [0.29, 0.717) is 38.1 Å². The molecule has 7 heteroatoms. The van der Waals surface area contributed by atoms with Crippen LogP contribution in [-0.2, 0) is 9.59 Å². The Hall–Kier alpha value is -2.15. The average molecular weight is 350 g/mol. The molecule has 0 bridgehead atoms. The molecule has 2 aliphatic heterocycles. The Labute approximate surface area is 146 Å². The van der Waals surface area contributed by atoms with Crippen LogP contribution in [0.1, 0.15) is 25.7 Å². The van der Waals surface area contributed by atoms with Crippen LogP contribution in [0.15, 0.2) is 24.3 Å². The van der Waals surface area contributed by atoms with Crippen LogP contribution in [0.3, 0.4) is 0 Å². The van der Waals surface area contributed by atoms with Crippen molar-refractivity contribution in [1.82, 2.24) is 9.80 Å². The summed E-state index contributed by atoms with van der Waals surface area (Å²) >= 11 is 0. The highest BCUT2D eigenvalue weighted by Crippen LogP contribution is 2.23. The average Bonchev–Trinajstić information content (AvgIpc) is 2.99. The Morgan fingerprint density at radius 2 is 2.00 bits per heavy atom. The third-order valence-electron chi connectivity index (χ3n) is 4.73. The summed E-state index contributed by atoms with van der Waals surface area (Å²) in [6.45, 7) is 1.48. The number of hydrogen-bond donors (Lipinski definition) is 1. The molecule has 0 saturated carbocycles. The van der Waals surface area contributed by atoms with Crippen molar-refractivity contribution >= 4 is 11.8 Å². The molecule has 0 unspecified atom stereocenters. The number of halogens is 1. The van der Waals surface area contributed by atoms with E-state index in [1.807, 2.05) is 0 Å². The summed E-state index contributed by atoms with van der Waals surface area (Å²) in [6, 6.07) is 5.60. The quantitative estimate of drug-likeness (QED) is 0.866. The number of carbonyl (C=O) groups is 2. The van der Waals surface area contributed by atoms with E-state index in [1.165, 1.54) is 24.3 Å². The molecule has 1 aromatic rings. The number of β-amino-alcohol motifs (C(OH)–C–C–N with tert-alkyl or cyclic N) is 1. The zero-order valence-electron chi connectivity index (χ0n) is 14.1. The third kappa shape index (κ3) is 4.48. The molecule has 1 atom stereocenters. The molecule has 1 N–H and O–H groups in total. The molecular formula is C18H23FN2O4. The van der Waals surface area contributed by atoms with Crippen molar-refractivity contribution in [3.63, 3.8) is 0 Å². The van der Waals surface area contributed by atoms with E-state index in [9.17, 15) is 19.1 Å². The molecule has 3 rings (SSSR count). The predicted molar refractivity (Wildman–Crippen MR) is 88.5 cm³/mol. The number of benzene rings is 1. The molecule has 2 amide bonds. The number of rotatable bonds is 5. The van der Waals surface area contributed by atoms with Gasteiger partial charge in [0.2, 0.25) is 11.8 Å². The summed E-state index contributed by atoms with van der Waals surface area (Å²) in [5, 5.41) is 10.7. The number of carbonyl (C=O) groups excluding carboxylic acids is 2. The fourth-order valence-corrected chi connectivity index (χ4v) is 3.33. The van der Waals surface area contributed by atoms with Crippen LogP contribution in [0, 0.1) is 5.82 Å². The second kappa shape index (κ2) is 7.39. The maximum Gasteiger partial charge on any atom is 0.242 e. The van der Waals surface area contributed by atoms with Gasteiger partial charge in [0, 0.05) is 19.5 Å². The highest BCUT2D eigenvalue weighted by molar-refractivity contribution is 5.86. The molecule has 0 radical (unpaired) electrons. The van der Waals surface area contributed by atoms with Gasteiger partial charge in [-0.15, -0.1) is 0 Å². The summed E-state index contributed by atoms with van der Waals surface area (Å²) < 4.78 is 18.5. The lowest BCUT2D eigenvalue weighted by Crippen LogP contribution is -2.55. The Morgan fingerprint density at radius 1 is 1.24 bits per heavy atom. The first-order chi connectivity index (χ1) is 12.0. The first-order valence-electron chi connectivity index (χ1n) is 8.61. The van der Waals surface area contributed by atoms with E-state index in [2.05, 4.69) is 0 Å². The van der Waals surface area contributed by atoms with Gasteiger partial charge in [-0.05, 0) is 43.5 Å². The summed E-state index contributed by atoms with van der Waals surface area (Å²) in [6.07, 6.45) is 2.49. The minimum absolute atomic E-state index is 0.0141. The normalized spacial score (nSPS) is 23.8. The Kier molecular flexibility index (Phi) is 5.22. The number of likely N-dealkylation sites (tertiary alicyclic amines) is 2. The Balaban J connectivity index is 1.54. The van der Waals surface area contributed by atoms with Gasteiger partial charge < -0.3 is 19.6 Å². The lowest BCUT2D eigenvalue weighted by atomic mass is 9.93. The molecule has 25 heavy (non-hydrogen) atoms. The van der Waals surface area contributed by atoms with Crippen LogP contribution in [0.4, 0.5) is 4.39 Å². The van der Waals surface area contributed by atoms with Gasteiger partial charge in [0.05, 0.1) is 13.1 Å². The molecule has 2 aliphatic rings. The number of aliphatic hydroxyl groups is 1. The summed E-state index contributed by atoms with van der Waals surface area (Å²) in [7, 11) is 0. The first kappa shape index (κ1) is 17.7. The molecule has 2 saturated heterocycles. The van der Waals surface area contributed by atoms with Crippen molar-refractivity contribution in [3.8, 4) is 5.75 Å². The summed E-state index contributed by atoms with van der Waals surface area (Å²) in [4.78, 5) is 27.3. The van der Waals surface area contributed by atoms with Crippen LogP contribution in [0.5, 0.6) is 5.75 Å². The molecule has 2 heterocycles. The van der Waals surface area contributed by atoms with E-state index in [-0.39, 0.29) is 37.3 Å². The SMILES string of the molecule is O=C1CCCN1CC(=O)N1CCC[C@@](O)(COc2ccc(F)cc2)C1. The van der Waals surface area contributed by atoms with Crippen molar-refractivity contribution in [2.45, 2.75) is 31.3 Å². The van der Waals surface area contributed by atoms with Crippen molar-refractivity contribution < 1.29 is 23.8 Å². The third-order valence-corrected chi connectivity index (χ3v) is 4.73. The Bertz CT molecular complexity index is 636. The molecule has 2 fully saturated rings. The number of amides is 2. The zero-order valence-corrected chi connectivity index (χ0v) is 14.1. The van der Waals surface area contributed by atoms with Gasteiger partial charge in [0.1, 0.15) is 23.8 Å². The highest BCUT2D eigenvalue weighted by Gasteiger charge is 2.37. The van der Waals surface area contributed by atoms with Crippen LogP contribution in [0.2, 0.25) is 0 Å². The van der Waals surface area contributed by atoms with Crippen LogP contribution < -0.4 is 4.74 Å². The molecule has 0 spiro atoms. The van der Waals surface area contributed by atoms with Crippen molar-refractivity contribution in [1.29, 1.82) is 0 Å². The minimum Gasteiger partial charge on any atom is -0.491 e. The highest BCUT2D eigenvalue weighted by atomic mass is 19.1. The second-order valence-corrected chi connectivity index (χ2v) is 6.80. The molecule has 6 nitrogen and oxygen atoms in total. The second-order valence-electron chi connectivity index (χ2n) is 6.80. The predicted octanol–water partition coefficient (Wildman–Crippen LogP) is 1.18. The van der Waals surface area contributed by atoms with Crippen LogP contribution in [-0.4, -0.2) is 65.1 Å². The van der Waals surface area contributed by atoms with E-state index < -0.39 is 5.60 Å². The maximum absolute atomic E-state index is 12.9. The van der Waals surface area contributed by atoms with Gasteiger partial charge in [-0.2, -0.15) is 0 Å². The number of piperidine rings is 1. The molecule has 0 aromatic heterocycles. The van der Waals surface area contributed by atoms with Gasteiger partial charge in [-0.25, -0.2) is 4.39 Å². The fraction of sp³-hybridized carbons (Fsp3) is 0.556. The number of nitrogens with zero attached hydrogens (tertiary/aromatic N) is 2. The minimum atomic E-state index is -1.14. The lowest BCUT2D eigenvalue weighted by molar-refractivity contribution is -0.144. The van der Waals surface area contributed by atoms with Crippen molar-refractivity contribution in [3.05, 3.63) is 30.1 Å². The topological polar surface area (TPSA) is 70.1 Å². The van der Waals surface area contributed by atoms with E-state index in [4.69, 9.17) is 4.74 Å². The van der Waals surface area contributed by atoms with Crippen molar-refractivity contribution in [2.75, 3.05) is 32.8 Å².